The Labute approximate surface area is 104 Å². The average Bonchev–Trinajstić information content (AvgIpc) is 2.75. The molecule has 1 amide bonds. The monoisotopic (exact) mass is 251 g/mol. The molecule has 2 atom stereocenters. The van der Waals surface area contributed by atoms with Crippen molar-refractivity contribution in [3.63, 3.8) is 0 Å². The molecule has 1 heterocycles. The van der Waals surface area contributed by atoms with Crippen molar-refractivity contribution in [2.75, 3.05) is 6.54 Å². The average molecular weight is 251 g/mol. The number of pyridine rings is 1. The number of nitrogens with one attached hydrogen (secondary N) is 2. The lowest BCUT2D eigenvalue weighted by Crippen LogP contribution is -2.40. The van der Waals surface area contributed by atoms with Crippen LogP contribution in [-0.4, -0.2) is 28.6 Å². The Kier molecular flexibility index (Phi) is 3.66. The van der Waals surface area contributed by atoms with Crippen LogP contribution in [0.4, 0.5) is 0 Å². The first-order valence-electron chi connectivity index (χ1n) is 6.04. The molecule has 1 fully saturated rings. The summed E-state index contributed by atoms with van der Waals surface area (Å²) in [6.07, 6.45) is 2.97. The molecule has 2 rings (SSSR count). The zero-order valence-corrected chi connectivity index (χ0v) is 9.98. The van der Waals surface area contributed by atoms with Gasteiger partial charge in [-0.05, 0) is 25.3 Å². The number of carbonyl (C=O) groups excluding carboxylic acids is 1. The van der Waals surface area contributed by atoms with E-state index >= 15 is 0 Å². The van der Waals surface area contributed by atoms with Crippen LogP contribution in [0, 0.1) is 5.92 Å². The van der Waals surface area contributed by atoms with E-state index in [1.807, 2.05) is 0 Å². The van der Waals surface area contributed by atoms with Gasteiger partial charge in [0.25, 0.3) is 11.5 Å². The first-order valence-corrected chi connectivity index (χ1v) is 6.04. The molecule has 1 aliphatic carbocycles. The van der Waals surface area contributed by atoms with Gasteiger partial charge in [-0.25, -0.2) is 0 Å². The summed E-state index contributed by atoms with van der Waals surface area (Å²) >= 11 is 0. The first kappa shape index (κ1) is 12.6. The van der Waals surface area contributed by atoms with Crippen molar-refractivity contribution < 1.29 is 9.90 Å². The largest absolute Gasteiger partial charge is 0.494 e. The summed E-state index contributed by atoms with van der Waals surface area (Å²) in [6.45, 7) is 0.547. The zero-order valence-electron chi connectivity index (χ0n) is 9.98. The Morgan fingerprint density at radius 2 is 2.28 bits per heavy atom. The fourth-order valence-corrected chi connectivity index (χ4v) is 2.42. The van der Waals surface area contributed by atoms with E-state index in [1.54, 1.807) is 0 Å². The fraction of sp³-hybridized carbons (Fsp3) is 0.500. The lowest BCUT2D eigenvalue weighted by molar-refractivity contribution is 0.0928. The highest BCUT2D eigenvalue weighted by Gasteiger charge is 2.27. The Bertz CT molecular complexity index is 498. The lowest BCUT2D eigenvalue weighted by Gasteiger charge is -2.19. The molecule has 1 aromatic heterocycles. The van der Waals surface area contributed by atoms with Gasteiger partial charge >= 0.3 is 0 Å². The Hall–Kier alpha value is -1.82. The smallest absolute Gasteiger partial charge is 0.251 e. The van der Waals surface area contributed by atoms with E-state index in [4.69, 9.17) is 5.73 Å². The van der Waals surface area contributed by atoms with Gasteiger partial charge in [-0.15, -0.1) is 0 Å². The maximum absolute atomic E-state index is 12.0. The van der Waals surface area contributed by atoms with Crippen LogP contribution in [0.1, 0.15) is 29.6 Å². The predicted molar refractivity (Wildman–Crippen MR) is 66.4 cm³/mol. The molecule has 5 N–H and O–H groups in total. The maximum Gasteiger partial charge on any atom is 0.251 e. The summed E-state index contributed by atoms with van der Waals surface area (Å²) in [5, 5.41) is 12.1. The first-order chi connectivity index (χ1) is 8.60. The molecule has 6 nitrogen and oxygen atoms in total. The number of hydrogen-bond donors (Lipinski definition) is 4. The van der Waals surface area contributed by atoms with Crippen molar-refractivity contribution in [3.05, 3.63) is 28.0 Å². The van der Waals surface area contributed by atoms with Crippen LogP contribution >= 0.6 is 0 Å². The van der Waals surface area contributed by atoms with Gasteiger partial charge in [0.2, 0.25) is 0 Å². The van der Waals surface area contributed by atoms with Crippen LogP contribution in [0.15, 0.2) is 16.9 Å². The standard InChI is InChI=1S/C12H17N3O3/c13-6-7-2-1-3-9(7)14-12(18)8-4-10(16)15-11(17)5-8/h4-5,7,9H,1-3,6,13H2,(H,14,18)(H2,15,16,17). The third-order valence-corrected chi connectivity index (χ3v) is 3.37. The third kappa shape index (κ3) is 2.70. The van der Waals surface area contributed by atoms with Crippen molar-refractivity contribution >= 4 is 5.91 Å². The molecule has 18 heavy (non-hydrogen) atoms. The number of aromatic amines is 1. The second-order valence-electron chi connectivity index (χ2n) is 4.63. The molecule has 98 valence electrons. The minimum atomic E-state index is -0.498. The van der Waals surface area contributed by atoms with Crippen molar-refractivity contribution in [2.24, 2.45) is 11.7 Å². The van der Waals surface area contributed by atoms with Crippen molar-refractivity contribution in [1.82, 2.24) is 10.3 Å². The van der Waals surface area contributed by atoms with E-state index in [1.165, 1.54) is 12.1 Å². The molecule has 0 radical (unpaired) electrons. The summed E-state index contributed by atoms with van der Waals surface area (Å²) in [7, 11) is 0. The molecule has 0 aromatic carbocycles. The van der Waals surface area contributed by atoms with E-state index in [2.05, 4.69) is 10.3 Å². The van der Waals surface area contributed by atoms with Crippen LogP contribution in [0.3, 0.4) is 0 Å². The van der Waals surface area contributed by atoms with E-state index < -0.39 is 5.56 Å². The molecule has 1 aromatic rings. The molecule has 0 aliphatic heterocycles. The van der Waals surface area contributed by atoms with Gasteiger partial charge < -0.3 is 16.2 Å². The van der Waals surface area contributed by atoms with Gasteiger partial charge in [-0.2, -0.15) is 0 Å². The zero-order chi connectivity index (χ0) is 13.1. The molecular weight excluding hydrogens is 234 g/mol. The van der Waals surface area contributed by atoms with Gasteiger partial charge in [-0.1, -0.05) is 6.42 Å². The highest BCUT2D eigenvalue weighted by molar-refractivity contribution is 5.94. The Morgan fingerprint density at radius 1 is 1.50 bits per heavy atom. The Morgan fingerprint density at radius 3 is 2.94 bits per heavy atom. The quantitative estimate of drug-likeness (QED) is 0.603. The molecular formula is C12H17N3O3. The van der Waals surface area contributed by atoms with E-state index in [9.17, 15) is 14.7 Å². The minimum Gasteiger partial charge on any atom is -0.494 e. The second kappa shape index (κ2) is 5.22. The number of nitrogens with two attached hydrogens (primary N) is 1. The number of aromatic nitrogens is 1. The molecule has 2 unspecified atom stereocenters. The minimum absolute atomic E-state index is 0.0592. The van der Waals surface area contributed by atoms with Gasteiger partial charge in [0.1, 0.15) is 0 Å². The topological polar surface area (TPSA) is 108 Å². The predicted octanol–water partition coefficient (Wildman–Crippen LogP) is -0.0623. The van der Waals surface area contributed by atoms with Crippen LogP contribution in [-0.2, 0) is 0 Å². The maximum atomic E-state index is 12.0. The molecule has 0 saturated heterocycles. The highest BCUT2D eigenvalue weighted by Crippen LogP contribution is 2.24. The van der Waals surface area contributed by atoms with E-state index in [0.29, 0.717) is 12.5 Å². The number of rotatable bonds is 3. The molecule has 1 aliphatic rings. The highest BCUT2D eigenvalue weighted by atomic mass is 16.3. The van der Waals surface area contributed by atoms with Crippen molar-refractivity contribution in [1.29, 1.82) is 0 Å². The molecule has 0 bridgehead atoms. The molecule has 6 heteroatoms. The summed E-state index contributed by atoms with van der Waals surface area (Å²) < 4.78 is 0. The van der Waals surface area contributed by atoms with Crippen LogP contribution in [0.25, 0.3) is 0 Å². The van der Waals surface area contributed by atoms with Crippen LogP contribution < -0.4 is 16.6 Å². The Balaban J connectivity index is 2.09. The van der Waals surface area contributed by atoms with Crippen LogP contribution in [0.2, 0.25) is 0 Å². The van der Waals surface area contributed by atoms with Gasteiger partial charge in [0.05, 0.1) is 5.56 Å². The summed E-state index contributed by atoms with van der Waals surface area (Å²) in [6, 6.07) is 2.47. The van der Waals surface area contributed by atoms with Crippen LogP contribution in [0.5, 0.6) is 5.88 Å². The van der Waals surface area contributed by atoms with E-state index in [0.717, 1.165) is 19.3 Å². The fourth-order valence-electron chi connectivity index (χ4n) is 2.42. The number of hydrogen-bond acceptors (Lipinski definition) is 4. The normalized spacial score (nSPS) is 22.9. The summed E-state index contributed by atoms with van der Waals surface area (Å²) in [4.78, 5) is 25.3. The van der Waals surface area contributed by atoms with Crippen molar-refractivity contribution in [3.8, 4) is 5.88 Å². The van der Waals surface area contributed by atoms with Gasteiger partial charge in [-0.3, -0.25) is 14.6 Å². The number of aromatic hydroxyl groups is 1. The number of amides is 1. The van der Waals surface area contributed by atoms with Gasteiger partial charge in [0, 0.05) is 18.2 Å². The van der Waals surface area contributed by atoms with Gasteiger partial charge in [0.15, 0.2) is 5.88 Å². The third-order valence-electron chi connectivity index (χ3n) is 3.37. The SMILES string of the molecule is NCC1CCCC1NC(=O)c1cc(O)[nH]c(=O)c1. The lowest BCUT2D eigenvalue weighted by atomic mass is 10.0. The number of H-pyrrole nitrogens is 1. The summed E-state index contributed by atoms with van der Waals surface area (Å²) in [5.74, 6) is -0.360. The summed E-state index contributed by atoms with van der Waals surface area (Å²) in [5.41, 5.74) is 5.31. The number of carbonyl (C=O) groups is 1. The van der Waals surface area contributed by atoms with E-state index in [-0.39, 0.29) is 23.4 Å². The second-order valence-corrected chi connectivity index (χ2v) is 4.63. The molecule has 0 spiro atoms. The molecule has 1 saturated carbocycles. The van der Waals surface area contributed by atoms with Crippen molar-refractivity contribution in [2.45, 2.75) is 25.3 Å².